The van der Waals surface area contributed by atoms with E-state index in [-0.39, 0.29) is 11.8 Å². The number of nitrogens with one attached hydrogen (secondary N) is 2. The fraction of sp³-hybridized carbons (Fsp3) is 0.320. The van der Waals surface area contributed by atoms with Crippen LogP contribution in [0.1, 0.15) is 42.5 Å². The first-order valence-corrected chi connectivity index (χ1v) is 11.7. The number of hydrogen-bond acceptors (Lipinski definition) is 4. The molecule has 31 heavy (non-hydrogen) atoms. The highest BCUT2D eigenvalue weighted by molar-refractivity contribution is 7.14. The Hall–Kier alpha value is -2.99. The summed E-state index contributed by atoms with van der Waals surface area (Å²) in [6, 6.07) is 16.7. The number of hydrogen-bond donors (Lipinski definition) is 2. The summed E-state index contributed by atoms with van der Waals surface area (Å²) in [4.78, 5) is 29.3. The molecule has 0 aliphatic heterocycles. The highest BCUT2D eigenvalue weighted by Crippen LogP contribution is 2.49. The van der Waals surface area contributed by atoms with E-state index in [1.54, 1.807) is 12.1 Å². The predicted molar refractivity (Wildman–Crippen MR) is 124 cm³/mol. The van der Waals surface area contributed by atoms with Crippen molar-refractivity contribution < 1.29 is 9.59 Å². The Labute approximate surface area is 185 Å². The number of aromatic nitrogens is 1. The van der Waals surface area contributed by atoms with E-state index in [4.69, 9.17) is 0 Å². The van der Waals surface area contributed by atoms with Crippen molar-refractivity contribution >= 4 is 34.0 Å². The molecule has 2 aliphatic carbocycles. The molecular formula is C25H25N3O2S. The molecule has 2 amide bonds. The van der Waals surface area contributed by atoms with Crippen LogP contribution in [0.3, 0.4) is 0 Å². The van der Waals surface area contributed by atoms with Gasteiger partial charge in [0, 0.05) is 28.6 Å². The number of rotatable bonds is 6. The van der Waals surface area contributed by atoms with E-state index >= 15 is 0 Å². The Morgan fingerprint density at radius 3 is 2.48 bits per heavy atom. The van der Waals surface area contributed by atoms with Crippen LogP contribution in [-0.2, 0) is 4.79 Å². The minimum atomic E-state index is -0.137. The zero-order valence-corrected chi connectivity index (χ0v) is 18.0. The third-order valence-corrected chi connectivity index (χ3v) is 7.31. The Bertz CT molecular complexity index is 1080. The van der Waals surface area contributed by atoms with E-state index < -0.39 is 0 Å². The summed E-state index contributed by atoms with van der Waals surface area (Å²) in [6.07, 6.45) is 5.81. The molecule has 158 valence electrons. The lowest BCUT2D eigenvalue weighted by molar-refractivity contribution is -0.117. The first kappa shape index (κ1) is 19.9. The Morgan fingerprint density at radius 2 is 1.77 bits per heavy atom. The number of thiazole rings is 1. The van der Waals surface area contributed by atoms with Crippen molar-refractivity contribution in [3.05, 3.63) is 65.5 Å². The number of fused-ring (bicyclic) bond motifs is 2. The van der Waals surface area contributed by atoms with Crippen molar-refractivity contribution in [1.29, 1.82) is 0 Å². The monoisotopic (exact) mass is 431 g/mol. The molecule has 3 unspecified atom stereocenters. The van der Waals surface area contributed by atoms with Crippen LogP contribution >= 0.6 is 11.3 Å². The highest BCUT2D eigenvalue weighted by Gasteiger charge is 2.40. The quantitative estimate of drug-likeness (QED) is 0.516. The lowest BCUT2D eigenvalue weighted by Gasteiger charge is -2.20. The van der Waals surface area contributed by atoms with Crippen molar-refractivity contribution in [2.24, 2.45) is 17.8 Å². The van der Waals surface area contributed by atoms with Gasteiger partial charge in [0.2, 0.25) is 5.91 Å². The molecule has 1 heterocycles. The molecular weight excluding hydrogens is 406 g/mol. The van der Waals surface area contributed by atoms with Gasteiger partial charge in [-0.1, -0.05) is 36.8 Å². The molecule has 0 saturated heterocycles. The minimum absolute atomic E-state index is 0.0809. The lowest BCUT2D eigenvalue weighted by Crippen LogP contribution is -2.20. The molecule has 5 nitrogen and oxygen atoms in total. The smallest absolute Gasteiger partial charge is 0.255 e. The summed E-state index contributed by atoms with van der Waals surface area (Å²) in [7, 11) is 0. The maximum Gasteiger partial charge on any atom is 0.255 e. The van der Waals surface area contributed by atoms with E-state index in [0.717, 1.165) is 28.8 Å². The van der Waals surface area contributed by atoms with Crippen LogP contribution in [0.15, 0.2) is 60.0 Å². The maximum absolute atomic E-state index is 12.5. The fourth-order valence-corrected chi connectivity index (χ4v) is 5.75. The molecule has 3 atom stereocenters. The maximum atomic E-state index is 12.5. The first-order valence-electron chi connectivity index (χ1n) is 10.9. The first-order chi connectivity index (χ1) is 15.1. The van der Waals surface area contributed by atoms with Crippen LogP contribution in [-0.4, -0.2) is 16.8 Å². The van der Waals surface area contributed by atoms with Crippen LogP contribution in [0.2, 0.25) is 0 Å². The summed E-state index contributed by atoms with van der Waals surface area (Å²) in [5, 5.41) is 8.48. The molecule has 2 saturated carbocycles. The molecule has 2 bridgehead atoms. The largest absolute Gasteiger partial charge is 0.322 e. The number of benzene rings is 2. The number of carbonyl (C=O) groups excluding carboxylic acids is 2. The van der Waals surface area contributed by atoms with E-state index in [1.165, 1.54) is 37.0 Å². The van der Waals surface area contributed by atoms with Gasteiger partial charge in [0.1, 0.15) is 0 Å². The van der Waals surface area contributed by atoms with Gasteiger partial charge in [-0.2, -0.15) is 0 Å². The SMILES string of the molecule is O=C(CC1CC2CCC1C2)Nc1nc(-c2ccc(NC(=O)c3ccccc3)cc2)cs1. The van der Waals surface area contributed by atoms with Gasteiger partial charge >= 0.3 is 0 Å². The lowest BCUT2D eigenvalue weighted by atomic mass is 9.86. The molecule has 2 aliphatic rings. The van der Waals surface area contributed by atoms with E-state index in [9.17, 15) is 9.59 Å². The van der Waals surface area contributed by atoms with Crippen LogP contribution < -0.4 is 10.6 Å². The standard InChI is InChI=1S/C25H25N3O2S/c29-23(14-20-13-16-6-7-19(20)12-16)28-25-27-22(15-31-25)17-8-10-21(11-9-17)26-24(30)18-4-2-1-3-5-18/h1-5,8-11,15-16,19-20H,6-7,12-14H2,(H,26,30)(H,27,28,29). The van der Waals surface area contributed by atoms with Crippen molar-refractivity contribution in [3.63, 3.8) is 0 Å². The average Bonchev–Trinajstić information content (AvgIpc) is 3.52. The van der Waals surface area contributed by atoms with Gasteiger partial charge in [0.25, 0.3) is 5.91 Å². The van der Waals surface area contributed by atoms with Gasteiger partial charge < -0.3 is 10.6 Å². The summed E-state index contributed by atoms with van der Waals surface area (Å²) < 4.78 is 0. The normalized spacial score (nSPS) is 21.7. The third kappa shape index (κ3) is 4.54. The van der Waals surface area contributed by atoms with Gasteiger partial charge in [-0.25, -0.2) is 4.98 Å². The van der Waals surface area contributed by atoms with Gasteiger partial charge in [0.05, 0.1) is 5.69 Å². The minimum Gasteiger partial charge on any atom is -0.322 e. The molecule has 6 heteroatoms. The van der Waals surface area contributed by atoms with Crippen LogP contribution in [0.4, 0.5) is 10.8 Å². The second-order valence-corrected chi connectivity index (χ2v) is 9.48. The predicted octanol–water partition coefficient (Wildman–Crippen LogP) is 5.83. The topological polar surface area (TPSA) is 71.1 Å². The third-order valence-electron chi connectivity index (χ3n) is 6.56. The van der Waals surface area contributed by atoms with Gasteiger partial charge in [-0.05, 0) is 61.3 Å². The fourth-order valence-electron chi connectivity index (χ4n) is 5.02. The van der Waals surface area contributed by atoms with Gasteiger partial charge in [-0.15, -0.1) is 11.3 Å². The second-order valence-electron chi connectivity index (χ2n) is 8.62. The van der Waals surface area contributed by atoms with Crippen LogP contribution in [0.5, 0.6) is 0 Å². The van der Waals surface area contributed by atoms with Crippen molar-refractivity contribution in [2.75, 3.05) is 10.6 Å². The zero-order valence-electron chi connectivity index (χ0n) is 17.2. The Morgan fingerprint density at radius 1 is 0.968 bits per heavy atom. The molecule has 2 N–H and O–H groups in total. The van der Waals surface area contributed by atoms with Gasteiger partial charge in [0.15, 0.2) is 5.13 Å². The van der Waals surface area contributed by atoms with Crippen molar-refractivity contribution in [1.82, 2.24) is 4.98 Å². The highest BCUT2D eigenvalue weighted by atomic mass is 32.1. The average molecular weight is 432 g/mol. The summed E-state index contributed by atoms with van der Waals surface area (Å²) in [5.74, 6) is 2.11. The van der Waals surface area contributed by atoms with Crippen LogP contribution in [0.25, 0.3) is 11.3 Å². The number of nitrogens with zero attached hydrogens (tertiary/aromatic N) is 1. The van der Waals surface area contributed by atoms with Crippen LogP contribution in [0, 0.1) is 17.8 Å². The molecule has 2 aromatic carbocycles. The number of anilines is 2. The summed E-state index contributed by atoms with van der Waals surface area (Å²) >= 11 is 1.45. The molecule has 0 radical (unpaired) electrons. The van der Waals surface area contributed by atoms with Gasteiger partial charge in [-0.3, -0.25) is 9.59 Å². The van der Waals surface area contributed by atoms with Crippen molar-refractivity contribution in [3.8, 4) is 11.3 Å². The Balaban J connectivity index is 1.17. The summed E-state index contributed by atoms with van der Waals surface area (Å²) in [6.45, 7) is 0. The molecule has 0 spiro atoms. The number of amides is 2. The van der Waals surface area contributed by atoms with Crippen molar-refractivity contribution in [2.45, 2.75) is 32.1 Å². The molecule has 3 aromatic rings. The van der Waals surface area contributed by atoms with E-state index in [0.29, 0.717) is 23.0 Å². The molecule has 1 aromatic heterocycles. The summed E-state index contributed by atoms with van der Waals surface area (Å²) in [5.41, 5.74) is 3.12. The van der Waals surface area contributed by atoms with E-state index in [2.05, 4.69) is 15.6 Å². The zero-order chi connectivity index (χ0) is 21.2. The number of carbonyl (C=O) groups is 2. The molecule has 5 rings (SSSR count). The molecule has 2 fully saturated rings. The second kappa shape index (κ2) is 8.63. The van der Waals surface area contributed by atoms with E-state index in [1.807, 2.05) is 47.8 Å². The Kier molecular flexibility index (Phi) is 5.55.